The van der Waals surface area contributed by atoms with Gasteiger partial charge in [0.15, 0.2) is 0 Å². The lowest BCUT2D eigenvalue weighted by atomic mass is 10.1. The van der Waals surface area contributed by atoms with Crippen LogP contribution in [0.15, 0.2) is 11.4 Å². The summed E-state index contributed by atoms with van der Waals surface area (Å²) in [6, 6.07) is 4.39. The predicted octanol–water partition coefficient (Wildman–Crippen LogP) is 1.87. The Hall–Kier alpha value is -0.890. The van der Waals surface area contributed by atoms with Gasteiger partial charge in [0.2, 0.25) is 0 Å². The molecular formula is C11H16N2OS. The van der Waals surface area contributed by atoms with Crippen molar-refractivity contribution in [3.8, 4) is 6.07 Å². The van der Waals surface area contributed by atoms with E-state index in [9.17, 15) is 0 Å². The summed E-state index contributed by atoms with van der Waals surface area (Å²) in [4.78, 5) is 1.17. The molecule has 1 atom stereocenters. The fourth-order valence-corrected chi connectivity index (χ4v) is 2.14. The summed E-state index contributed by atoms with van der Waals surface area (Å²) in [5, 5.41) is 22.7. The van der Waals surface area contributed by atoms with Crippen LogP contribution in [-0.2, 0) is 6.54 Å². The van der Waals surface area contributed by atoms with Gasteiger partial charge in [0.25, 0.3) is 0 Å². The first-order valence-electron chi connectivity index (χ1n) is 5.12. The molecule has 1 aromatic heterocycles. The first-order chi connectivity index (χ1) is 7.30. The molecule has 0 fully saturated rings. The van der Waals surface area contributed by atoms with Crippen LogP contribution in [0.2, 0.25) is 0 Å². The first kappa shape index (κ1) is 12.2. The summed E-state index contributed by atoms with van der Waals surface area (Å²) in [5.41, 5.74) is 0.729. The second-order valence-corrected chi connectivity index (χ2v) is 4.41. The van der Waals surface area contributed by atoms with Crippen LogP contribution >= 0.6 is 11.3 Å². The highest BCUT2D eigenvalue weighted by atomic mass is 32.1. The molecule has 0 saturated carbocycles. The molecule has 0 bridgehead atoms. The van der Waals surface area contributed by atoms with Crippen LogP contribution in [0, 0.1) is 11.3 Å². The summed E-state index contributed by atoms with van der Waals surface area (Å²) in [5.74, 6) is 0. The molecule has 0 aliphatic rings. The fourth-order valence-electron chi connectivity index (χ4n) is 1.38. The molecule has 15 heavy (non-hydrogen) atoms. The molecule has 82 valence electrons. The number of aliphatic hydroxyl groups is 1. The molecule has 0 aliphatic carbocycles. The number of hydrogen-bond acceptors (Lipinski definition) is 4. The van der Waals surface area contributed by atoms with Crippen LogP contribution in [-0.4, -0.2) is 17.8 Å². The third-order valence-corrected chi connectivity index (χ3v) is 3.25. The summed E-state index contributed by atoms with van der Waals surface area (Å²) < 4.78 is 0. The van der Waals surface area contributed by atoms with Crippen molar-refractivity contribution in [2.45, 2.75) is 32.4 Å². The molecule has 0 saturated heterocycles. The van der Waals surface area contributed by atoms with Crippen molar-refractivity contribution < 1.29 is 5.11 Å². The zero-order valence-corrected chi connectivity index (χ0v) is 9.68. The van der Waals surface area contributed by atoms with E-state index in [1.54, 1.807) is 11.3 Å². The fraction of sp³-hybridized carbons (Fsp3) is 0.545. The Kier molecular flexibility index (Phi) is 5.33. The first-order valence-corrected chi connectivity index (χ1v) is 5.99. The number of nitrogens with zero attached hydrogens (tertiary/aromatic N) is 1. The van der Waals surface area contributed by atoms with Crippen LogP contribution < -0.4 is 5.32 Å². The van der Waals surface area contributed by atoms with Gasteiger partial charge in [-0.15, -0.1) is 11.3 Å². The van der Waals surface area contributed by atoms with Crippen LogP contribution in [0.25, 0.3) is 0 Å². The molecule has 2 N–H and O–H groups in total. The molecule has 1 unspecified atom stereocenters. The number of hydrogen-bond donors (Lipinski definition) is 2. The molecule has 3 nitrogen and oxygen atoms in total. The zero-order chi connectivity index (χ0) is 11.1. The van der Waals surface area contributed by atoms with E-state index < -0.39 is 0 Å². The summed E-state index contributed by atoms with van der Waals surface area (Å²) in [6.07, 6.45) is 1.80. The van der Waals surface area contributed by atoms with Gasteiger partial charge in [-0.2, -0.15) is 5.26 Å². The SMILES string of the molecule is CCC(CCO)NCc1cc(C#N)cs1. The number of aliphatic hydroxyl groups excluding tert-OH is 1. The van der Waals surface area contributed by atoms with Crippen LogP contribution in [0.1, 0.15) is 30.2 Å². The lowest BCUT2D eigenvalue weighted by molar-refractivity contribution is 0.262. The van der Waals surface area contributed by atoms with Gasteiger partial charge in [0.05, 0.1) is 5.56 Å². The molecule has 0 aromatic carbocycles. The minimum Gasteiger partial charge on any atom is -0.396 e. The molecule has 0 aliphatic heterocycles. The average molecular weight is 224 g/mol. The topological polar surface area (TPSA) is 56.0 Å². The zero-order valence-electron chi connectivity index (χ0n) is 8.86. The monoisotopic (exact) mass is 224 g/mol. The highest BCUT2D eigenvalue weighted by Gasteiger charge is 2.05. The number of nitrogens with one attached hydrogen (secondary N) is 1. The van der Waals surface area contributed by atoms with Crippen molar-refractivity contribution in [2.24, 2.45) is 0 Å². The Labute approximate surface area is 94.4 Å². The summed E-state index contributed by atoms with van der Waals surface area (Å²) in [7, 11) is 0. The average Bonchev–Trinajstić information content (AvgIpc) is 2.72. The number of rotatable bonds is 6. The Bertz CT molecular complexity index is 330. The van der Waals surface area contributed by atoms with Gasteiger partial charge in [0.1, 0.15) is 6.07 Å². The largest absolute Gasteiger partial charge is 0.396 e. The van der Waals surface area contributed by atoms with E-state index in [2.05, 4.69) is 18.3 Å². The molecule has 0 spiro atoms. The number of nitriles is 1. The van der Waals surface area contributed by atoms with Crippen molar-refractivity contribution in [3.63, 3.8) is 0 Å². The second kappa shape index (κ2) is 6.57. The van der Waals surface area contributed by atoms with E-state index in [-0.39, 0.29) is 6.61 Å². The maximum atomic E-state index is 8.83. The van der Waals surface area contributed by atoms with Gasteiger partial charge >= 0.3 is 0 Å². The molecule has 0 radical (unpaired) electrons. The molecule has 1 aromatic rings. The van der Waals surface area contributed by atoms with E-state index in [4.69, 9.17) is 10.4 Å². The summed E-state index contributed by atoms with van der Waals surface area (Å²) in [6.45, 7) is 3.10. The second-order valence-electron chi connectivity index (χ2n) is 3.41. The normalized spacial score (nSPS) is 12.3. The maximum absolute atomic E-state index is 8.83. The van der Waals surface area contributed by atoms with Crippen molar-refractivity contribution in [1.29, 1.82) is 5.26 Å². The Balaban J connectivity index is 2.38. The van der Waals surface area contributed by atoms with Gasteiger partial charge in [-0.05, 0) is 18.9 Å². The van der Waals surface area contributed by atoms with Crippen molar-refractivity contribution >= 4 is 11.3 Å². The quantitative estimate of drug-likeness (QED) is 0.775. The Morgan fingerprint density at radius 1 is 1.67 bits per heavy atom. The lowest BCUT2D eigenvalue weighted by Gasteiger charge is -2.14. The van der Waals surface area contributed by atoms with E-state index in [1.807, 2.05) is 11.4 Å². The smallest absolute Gasteiger partial charge is 0.100 e. The third kappa shape index (κ3) is 4.00. The van der Waals surface area contributed by atoms with Gasteiger partial charge in [-0.25, -0.2) is 0 Å². The predicted molar refractivity (Wildman–Crippen MR) is 61.7 cm³/mol. The molecular weight excluding hydrogens is 208 g/mol. The highest BCUT2D eigenvalue weighted by molar-refractivity contribution is 7.10. The summed E-state index contributed by atoms with van der Waals surface area (Å²) >= 11 is 1.60. The van der Waals surface area contributed by atoms with Gasteiger partial charge in [0, 0.05) is 29.5 Å². The van der Waals surface area contributed by atoms with Crippen LogP contribution in [0.4, 0.5) is 0 Å². The minimum atomic E-state index is 0.222. The van der Waals surface area contributed by atoms with E-state index >= 15 is 0 Å². The van der Waals surface area contributed by atoms with Crippen molar-refractivity contribution in [2.75, 3.05) is 6.61 Å². The standard InChI is InChI=1S/C11H16N2OS/c1-2-10(3-4-14)13-7-11-5-9(6-12)8-15-11/h5,8,10,13-14H,2-4,7H2,1H3. The van der Waals surface area contributed by atoms with E-state index in [0.717, 1.165) is 24.9 Å². The van der Waals surface area contributed by atoms with Gasteiger partial charge in [-0.1, -0.05) is 6.92 Å². The van der Waals surface area contributed by atoms with Gasteiger partial charge in [-0.3, -0.25) is 0 Å². The Morgan fingerprint density at radius 2 is 2.47 bits per heavy atom. The molecule has 1 heterocycles. The third-order valence-electron chi connectivity index (χ3n) is 2.32. The van der Waals surface area contributed by atoms with Crippen molar-refractivity contribution in [1.82, 2.24) is 5.32 Å². The number of thiophene rings is 1. The van der Waals surface area contributed by atoms with Gasteiger partial charge < -0.3 is 10.4 Å². The molecule has 0 amide bonds. The highest BCUT2D eigenvalue weighted by Crippen LogP contribution is 2.14. The van der Waals surface area contributed by atoms with Crippen LogP contribution in [0.3, 0.4) is 0 Å². The maximum Gasteiger partial charge on any atom is 0.100 e. The minimum absolute atomic E-state index is 0.222. The molecule has 1 rings (SSSR count). The van der Waals surface area contributed by atoms with E-state index in [1.165, 1.54) is 4.88 Å². The van der Waals surface area contributed by atoms with Crippen molar-refractivity contribution in [3.05, 3.63) is 21.9 Å². The lowest BCUT2D eigenvalue weighted by Crippen LogP contribution is -2.28. The molecule has 4 heteroatoms. The van der Waals surface area contributed by atoms with E-state index in [0.29, 0.717) is 6.04 Å². The Morgan fingerprint density at radius 3 is 3.00 bits per heavy atom. The van der Waals surface area contributed by atoms with Crippen LogP contribution in [0.5, 0.6) is 0 Å².